The number of carbonyl (C=O) groups excluding carboxylic acids is 1. The van der Waals surface area contributed by atoms with Crippen LogP contribution in [0, 0.1) is 0 Å². The number of amides is 1. The van der Waals surface area contributed by atoms with Gasteiger partial charge in [-0.05, 0) is 0 Å². The number of nitrogens with two attached hydrogens (primary N) is 1. The standard InChI is InChI=1S/C10H14N6O4.CH2.V/c11-10-14-8-7(9(20)15-10)13-4-16(8)2-6(19)12-1-5(18)3-17;;/h4-5,17-18H,1-3H2,(H,12,19)(H3,11,14,15,20);1H2;. The summed E-state index contributed by atoms with van der Waals surface area (Å²) in [6.07, 6.45) is 0.282. The Kier molecular flexibility index (Phi) is 6.92. The number of H-pyrrole nitrogens is 1. The van der Waals surface area contributed by atoms with E-state index in [1.807, 2.05) is 0 Å². The van der Waals surface area contributed by atoms with E-state index in [0.29, 0.717) is 0 Å². The first-order valence-corrected chi connectivity index (χ1v) is 7.08. The van der Waals surface area contributed by atoms with Gasteiger partial charge in [0.2, 0.25) is 11.9 Å². The molecule has 119 valence electrons. The molecule has 0 aromatic carbocycles. The average molecular weight is 347 g/mol. The molecule has 0 bridgehead atoms. The molecule has 2 aromatic rings. The molecule has 0 fully saturated rings. The van der Waals surface area contributed by atoms with E-state index in [2.05, 4.69) is 42.5 Å². The number of fused-ring (bicyclic) bond motifs is 1. The van der Waals surface area contributed by atoms with Gasteiger partial charge in [-0.15, -0.1) is 0 Å². The molecule has 0 spiro atoms. The van der Waals surface area contributed by atoms with Gasteiger partial charge in [0, 0.05) is 6.54 Å². The first kappa shape index (κ1) is 18.0. The normalized spacial score (nSPS) is 11.5. The Balaban J connectivity index is 0.00000116. The topological polar surface area (TPSA) is 159 Å². The summed E-state index contributed by atoms with van der Waals surface area (Å²) < 4.78 is 1.36. The van der Waals surface area contributed by atoms with E-state index >= 15 is 0 Å². The molecule has 0 radical (unpaired) electrons. The molecule has 0 aliphatic heterocycles. The van der Waals surface area contributed by atoms with Crippen molar-refractivity contribution in [3.8, 4) is 0 Å². The summed E-state index contributed by atoms with van der Waals surface area (Å²) in [6, 6.07) is 0. The second kappa shape index (κ2) is 8.44. The first-order valence-electron chi connectivity index (χ1n) is 6.09. The molecule has 2 heterocycles. The summed E-state index contributed by atoms with van der Waals surface area (Å²) in [5.74, 6) is -0.488. The number of aliphatic hydroxyl groups is 2. The minimum absolute atomic E-state index is 0.0691. The van der Waals surface area contributed by atoms with Crippen LogP contribution in [-0.4, -0.2) is 60.1 Å². The molecule has 0 aliphatic rings. The fourth-order valence-corrected chi connectivity index (χ4v) is 1.59. The zero-order valence-corrected chi connectivity index (χ0v) is 13.0. The van der Waals surface area contributed by atoms with Crippen molar-refractivity contribution in [2.45, 2.75) is 12.6 Å². The summed E-state index contributed by atoms with van der Waals surface area (Å²) in [5, 5.41) is 23.4. The van der Waals surface area contributed by atoms with Crippen LogP contribution in [0.5, 0.6) is 0 Å². The number of hydrogen-bond donors (Lipinski definition) is 5. The zero-order valence-electron chi connectivity index (χ0n) is 11.6. The van der Waals surface area contributed by atoms with Gasteiger partial charge in [0.1, 0.15) is 6.54 Å². The Morgan fingerprint density at radius 1 is 1.59 bits per heavy atom. The molecule has 0 saturated heterocycles. The maximum absolute atomic E-state index is 11.6. The number of imidazole rings is 1. The molecule has 1 atom stereocenters. The van der Waals surface area contributed by atoms with Gasteiger partial charge < -0.3 is 25.8 Å². The summed E-state index contributed by atoms with van der Waals surface area (Å²) >= 11 is 2.06. The van der Waals surface area contributed by atoms with Gasteiger partial charge in [-0.2, -0.15) is 4.98 Å². The molecule has 11 heteroatoms. The molecule has 22 heavy (non-hydrogen) atoms. The van der Waals surface area contributed by atoms with Gasteiger partial charge in [-0.25, -0.2) is 4.98 Å². The number of rotatable bonds is 5. The molecular weight excluding hydrogens is 331 g/mol. The third-order valence-electron chi connectivity index (χ3n) is 2.55. The van der Waals surface area contributed by atoms with Crippen LogP contribution in [0.2, 0.25) is 0 Å². The van der Waals surface area contributed by atoms with Gasteiger partial charge in [0.05, 0.1) is 19.0 Å². The third kappa shape index (κ3) is 4.50. The van der Waals surface area contributed by atoms with Crippen LogP contribution in [0.3, 0.4) is 0 Å². The molecule has 0 saturated carbocycles. The van der Waals surface area contributed by atoms with Crippen molar-refractivity contribution in [1.82, 2.24) is 24.8 Å². The Morgan fingerprint density at radius 3 is 2.91 bits per heavy atom. The summed E-state index contributed by atoms with van der Waals surface area (Å²) in [4.78, 5) is 33.3. The summed E-state index contributed by atoms with van der Waals surface area (Å²) in [6.45, 7) is -0.648. The fourth-order valence-electron chi connectivity index (χ4n) is 1.59. The molecule has 2 rings (SSSR count). The number of anilines is 1. The molecule has 0 aliphatic carbocycles. The Morgan fingerprint density at radius 2 is 2.27 bits per heavy atom. The van der Waals surface area contributed by atoms with Crippen molar-refractivity contribution >= 4 is 28.3 Å². The number of aromatic nitrogens is 4. The van der Waals surface area contributed by atoms with Crippen LogP contribution in [0.4, 0.5) is 5.95 Å². The quantitative estimate of drug-likeness (QED) is 0.389. The number of aromatic amines is 1. The molecule has 1 unspecified atom stereocenters. The first-order chi connectivity index (χ1) is 10.5. The number of nitrogens with zero attached hydrogens (tertiary/aromatic N) is 3. The van der Waals surface area contributed by atoms with Crippen LogP contribution in [0.15, 0.2) is 11.1 Å². The molecule has 10 nitrogen and oxygen atoms in total. The Hall–Kier alpha value is -2.01. The second-order valence-electron chi connectivity index (χ2n) is 4.14. The zero-order chi connectivity index (χ0) is 16.7. The summed E-state index contributed by atoms with van der Waals surface area (Å²) in [5.41, 5.74) is 5.23. The number of nitrogens with one attached hydrogen (secondary N) is 2. The molecule has 2 aromatic heterocycles. The monoisotopic (exact) mass is 347 g/mol. The SMILES string of the molecule is Nc1nc2c(ncn2CC(=O)NCC(O)CO)c(=O)[nH]1.[CH2]=[V]. The van der Waals surface area contributed by atoms with E-state index in [9.17, 15) is 9.59 Å². The van der Waals surface area contributed by atoms with Crippen molar-refractivity contribution < 1.29 is 32.0 Å². The van der Waals surface area contributed by atoms with Crippen molar-refractivity contribution in [2.75, 3.05) is 18.9 Å². The maximum atomic E-state index is 11.6. The van der Waals surface area contributed by atoms with Crippen LogP contribution in [0.1, 0.15) is 0 Å². The van der Waals surface area contributed by atoms with Gasteiger partial charge in [-0.1, -0.05) is 0 Å². The number of hydrogen-bond acceptors (Lipinski definition) is 7. The van der Waals surface area contributed by atoms with E-state index in [-0.39, 0.29) is 30.2 Å². The van der Waals surface area contributed by atoms with Crippen molar-refractivity contribution in [3.63, 3.8) is 0 Å². The molecule has 1 amide bonds. The van der Waals surface area contributed by atoms with Crippen molar-refractivity contribution in [3.05, 3.63) is 16.7 Å². The van der Waals surface area contributed by atoms with Crippen LogP contribution in [0.25, 0.3) is 11.2 Å². The van der Waals surface area contributed by atoms with E-state index < -0.39 is 24.2 Å². The van der Waals surface area contributed by atoms with Crippen molar-refractivity contribution in [1.29, 1.82) is 0 Å². The van der Waals surface area contributed by atoms with Crippen LogP contribution in [-0.2, 0) is 28.3 Å². The van der Waals surface area contributed by atoms with Crippen molar-refractivity contribution in [2.24, 2.45) is 0 Å². The average Bonchev–Trinajstić information content (AvgIpc) is 2.90. The van der Waals surface area contributed by atoms with Gasteiger partial charge in [0.15, 0.2) is 11.2 Å². The van der Waals surface area contributed by atoms with E-state index in [0.717, 1.165) is 0 Å². The van der Waals surface area contributed by atoms with Crippen LogP contribution < -0.4 is 16.6 Å². The van der Waals surface area contributed by atoms with Gasteiger partial charge in [0.25, 0.3) is 5.56 Å². The van der Waals surface area contributed by atoms with Crippen LogP contribution >= 0.6 is 0 Å². The van der Waals surface area contributed by atoms with Gasteiger partial charge in [-0.3, -0.25) is 14.6 Å². The predicted octanol–water partition coefficient (Wildman–Crippen LogP) is -2.86. The Labute approximate surface area is 133 Å². The predicted molar refractivity (Wildman–Crippen MR) is 75.8 cm³/mol. The van der Waals surface area contributed by atoms with E-state index in [1.165, 1.54) is 10.9 Å². The second-order valence-corrected chi connectivity index (χ2v) is 4.14. The number of carbonyl (C=O) groups is 1. The Bertz CT molecular complexity index is 699. The number of aliphatic hydroxyl groups excluding tert-OH is 2. The molecule has 6 N–H and O–H groups in total. The summed E-state index contributed by atoms with van der Waals surface area (Å²) in [7, 11) is 0. The molecular formula is C11H16N6O4V. The number of nitrogen functional groups attached to an aromatic ring is 1. The third-order valence-corrected chi connectivity index (χ3v) is 2.55. The van der Waals surface area contributed by atoms with E-state index in [4.69, 9.17) is 15.9 Å². The fraction of sp³-hybridized carbons (Fsp3) is 0.364. The van der Waals surface area contributed by atoms with Gasteiger partial charge >= 0.3 is 22.2 Å². The minimum atomic E-state index is -1.02. The van der Waals surface area contributed by atoms with E-state index in [1.54, 1.807) is 0 Å².